The first-order valence-corrected chi connectivity index (χ1v) is 1.96. The zero-order valence-corrected chi connectivity index (χ0v) is 6.57. The molecule has 0 spiro atoms. The summed E-state index contributed by atoms with van der Waals surface area (Å²) in [7, 11) is 0. The van der Waals surface area contributed by atoms with E-state index in [1.807, 2.05) is 0 Å². The molecule has 6 heteroatoms. The van der Waals surface area contributed by atoms with Gasteiger partial charge >= 0.3 is 45.1 Å². The van der Waals surface area contributed by atoms with Crippen molar-refractivity contribution in [3.8, 4) is 0 Å². The molecule has 0 unspecified atom stereocenters. The molecule has 0 aliphatic carbocycles. The van der Waals surface area contributed by atoms with Gasteiger partial charge in [0.15, 0.2) is 0 Å². The van der Waals surface area contributed by atoms with Crippen molar-refractivity contribution in [2.75, 3.05) is 0 Å². The third-order valence-corrected chi connectivity index (χ3v) is 0. The standard InChI is InChI=1S/Al.3FH.H3N.Na.H/h;3*1H;1H3;;/q+3;;;;;+1;-1/p-3. The van der Waals surface area contributed by atoms with Gasteiger partial charge in [-0.15, -0.1) is 0 Å². The van der Waals surface area contributed by atoms with E-state index in [0.717, 1.165) is 0 Å². The third-order valence-electron chi connectivity index (χ3n) is 0. The van der Waals surface area contributed by atoms with Gasteiger partial charge in [0.25, 0.3) is 0 Å². The largest absolute Gasteiger partial charge is 1.04 e. The predicted octanol–water partition coefficient (Wildman–Crippen LogP) is -1.84. The number of halogens is 3. The molecule has 0 atom stereocenters. The van der Waals surface area contributed by atoms with Gasteiger partial charge in [0.1, 0.15) is 0 Å². The van der Waals surface area contributed by atoms with Crippen LogP contribution >= 0.6 is 0 Å². The van der Waals surface area contributed by atoms with Crippen LogP contribution in [0.5, 0.6) is 0 Å². The van der Waals surface area contributed by atoms with Gasteiger partial charge in [0, 0.05) is 0 Å². The fourth-order valence-corrected chi connectivity index (χ4v) is 0. The van der Waals surface area contributed by atoms with Crippen LogP contribution in [0.25, 0.3) is 0 Å². The minimum absolute atomic E-state index is 0. The number of hydrogen-bond donors (Lipinski definition) is 1. The second-order valence-corrected chi connectivity index (χ2v) is 0.742. The van der Waals surface area contributed by atoms with Crippen molar-refractivity contribution in [2.45, 2.75) is 0 Å². The number of rotatable bonds is 0. The molecule has 0 bridgehead atoms. The molecule has 0 aromatic carbocycles. The summed E-state index contributed by atoms with van der Waals surface area (Å²) in [5.74, 6) is 0. The molecule has 0 radical (unpaired) electrons. The molecule has 0 aliphatic rings. The van der Waals surface area contributed by atoms with Crippen LogP contribution in [0.1, 0.15) is 1.43 Å². The molecule has 0 aromatic heterocycles. The molecule has 0 fully saturated rings. The Balaban J connectivity index is -0.0000000150. The molecule has 6 heavy (non-hydrogen) atoms. The maximum absolute atomic E-state index is 9.81. The predicted molar refractivity (Wildman–Crippen MR) is 15.2 cm³/mol. The molecule has 0 aliphatic heterocycles. The summed E-state index contributed by atoms with van der Waals surface area (Å²) < 4.78 is 29.4. The maximum Gasteiger partial charge on any atom is 1.04 e. The zero-order chi connectivity index (χ0) is 3.58. The monoisotopic (exact) mass is 125 g/mol. The van der Waals surface area contributed by atoms with Gasteiger partial charge in [-0.3, -0.25) is 0 Å². The maximum atomic E-state index is 9.81. The van der Waals surface area contributed by atoms with Gasteiger partial charge in [-0.1, -0.05) is 0 Å². The summed E-state index contributed by atoms with van der Waals surface area (Å²) in [5.41, 5.74) is 0. The third kappa shape index (κ3) is 58.9. The molecule has 0 amide bonds. The Morgan fingerprint density at radius 2 is 1.17 bits per heavy atom. The van der Waals surface area contributed by atoms with Crippen molar-refractivity contribution in [1.82, 2.24) is 6.15 Å². The minimum atomic E-state index is -4.64. The van der Waals surface area contributed by atoms with Crippen molar-refractivity contribution in [1.29, 1.82) is 0 Å². The second kappa shape index (κ2) is 9.56. The van der Waals surface area contributed by atoms with Gasteiger partial charge < -0.3 is 18.1 Å². The first-order chi connectivity index (χ1) is 1.73. The second-order valence-electron chi connectivity index (χ2n) is 0.247. The summed E-state index contributed by atoms with van der Waals surface area (Å²) >= 11 is -4.64. The van der Waals surface area contributed by atoms with E-state index in [9.17, 15) is 10.6 Å². The van der Waals surface area contributed by atoms with E-state index >= 15 is 0 Å². The van der Waals surface area contributed by atoms with E-state index in [4.69, 9.17) is 0 Å². The van der Waals surface area contributed by atoms with E-state index in [0.29, 0.717) is 0 Å². The van der Waals surface area contributed by atoms with Gasteiger partial charge in [0.05, 0.1) is 0 Å². The van der Waals surface area contributed by atoms with E-state index in [1.54, 1.807) is 0 Å². The average Bonchev–Trinajstić information content (AvgIpc) is 0.811. The summed E-state index contributed by atoms with van der Waals surface area (Å²) in [6, 6.07) is 0. The fraction of sp³-hybridized carbons (Fsp3) is 0. The van der Waals surface area contributed by atoms with Crippen molar-refractivity contribution < 1.29 is 41.6 Å². The Bertz CT molecular complexity index is 19.7. The Morgan fingerprint density at radius 1 is 1.17 bits per heavy atom. The average molecular weight is 125 g/mol. The summed E-state index contributed by atoms with van der Waals surface area (Å²) in [6.07, 6.45) is 0. The Labute approximate surface area is 63.1 Å². The van der Waals surface area contributed by atoms with Gasteiger partial charge in [-0.2, -0.15) is 0 Å². The SMILES string of the molecule is N.[F][Al]([F])[F].[H-].[Na+]. The Hall–Kier alpha value is 1.28. The summed E-state index contributed by atoms with van der Waals surface area (Å²) in [4.78, 5) is 0. The Morgan fingerprint density at radius 3 is 1.17 bits per heavy atom. The molecule has 0 aromatic rings. The smallest absolute Gasteiger partial charge is 1.00 e. The molecule has 0 saturated carbocycles. The fourth-order valence-electron chi connectivity index (χ4n) is 0. The first kappa shape index (κ1) is 15.7. The van der Waals surface area contributed by atoms with Crippen molar-refractivity contribution in [3.63, 3.8) is 0 Å². The van der Waals surface area contributed by atoms with Crippen LogP contribution < -0.4 is 35.7 Å². The van der Waals surface area contributed by atoms with Gasteiger partial charge in [-0.25, -0.2) is 0 Å². The van der Waals surface area contributed by atoms with Gasteiger partial charge in [-0.05, 0) is 0 Å². The first-order valence-electron chi connectivity index (χ1n) is 0.655. The molecule has 3 N–H and O–H groups in total. The normalized spacial score (nSPS) is 4.50. The zero-order valence-electron chi connectivity index (χ0n) is 4.42. The van der Waals surface area contributed by atoms with Crippen molar-refractivity contribution in [3.05, 3.63) is 0 Å². The van der Waals surface area contributed by atoms with E-state index in [2.05, 4.69) is 0 Å². The van der Waals surface area contributed by atoms with Crippen LogP contribution in [0.2, 0.25) is 0 Å². The van der Waals surface area contributed by atoms with Crippen molar-refractivity contribution in [2.24, 2.45) is 0 Å². The molecule has 0 saturated heterocycles. The summed E-state index contributed by atoms with van der Waals surface area (Å²) in [5, 5.41) is 0. The van der Waals surface area contributed by atoms with E-state index in [-0.39, 0.29) is 37.1 Å². The van der Waals surface area contributed by atoms with E-state index in [1.165, 1.54) is 0 Å². The van der Waals surface area contributed by atoms with Crippen molar-refractivity contribution >= 4 is 15.5 Å². The number of hydrogen-bond acceptors (Lipinski definition) is 1. The molecule has 34 valence electrons. The van der Waals surface area contributed by atoms with Gasteiger partial charge in [0.2, 0.25) is 0 Å². The quantitative estimate of drug-likeness (QED) is 0.379. The molecule has 1 nitrogen and oxygen atoms in total. The van der Waals surface area contributed by atoms with Crippen LogP contribution in [0.15, 0.2) is 0 Å². The van der Waals surface area contributed by atoms with Crippen LogP contribution in [-0.2, 0) is 0 Å². The molecule has 0 heterocycles. The van der Waals surface area contributed by atoms with Crippen LogP contribution in [-0.4, -0.2) is 15.5 Å². The Kier molecular flexibility index (Phi) is 25.0. The topological polar surface area (TPSA) is 35.0 Å². The molecular weight excluding hydrogens is 121 g/mol. The van der Waals surface area contributed by atoms with Crippen LogP contribution in [0.3, 0.4) is 0 Å². The summed E-state index contributed by atoms with van der Waals surface area (Å²) in [6.45, 7) is 0. The molecular formula is H4AlF3NNa. The van der Waals surface area contributed by atoms with Crippen LogP contribution in [0.4, 0.5) is 10.6 Å². The van der Waals surface area contributed by atoms with E-state index < -0.39 is 15.5 Å². The van der Waals surface area contributed by atoms with Crippen LogP contribution in [0, 0.1) is 0 Å². The minimum Gasteiger partial charge on any atom is -1.00 e. The molecule has 0 rings (SSSR count).